The van der Waals surface area contributed by atoms with Crippen molar-refractivity contribution >= 4 is 16.1 Å². The Kier molecular flexibility index (Phi) is 14.0. The van der Waals surface area contributed by atoms with Crippen LogP contribution in [-0.2, 0) is 19.6 Å². The predicted octanol–water partition coefficient (Wildman–Crippen LogP) is -2.20. The maximum Gasteiger partial charge on any atom is 1.00 e. The molecule has 0 unspecified atom stereocenters. The van der Waals surface area contributed by atoms with Gasteiger partial charge in [-0.15, -0.1) is 0 Å². The van der Waals surface area contributed by atoms with Crippen molar-refractivity contribution in [2.24, 2.45) is 0 Å². The Balaban J connectivity index is -0.000000187. The Morgan fingerprint density at radius 1 is 1.47 bits per heavy atom. The summed E-state index contributed by atoms with van der Waals surface area (Å²) < 4.78 is 33.6. The van der Waals surface area contributed by atoms with Crippen molar-refractivity contribution in [3.63, 3.8) is 0 Å². The summed E-state index contributed by atoms with van der Waals surface area (Å²) in [7, 11) is -4.07. The van der Waals surface area contributed by atoms with Crippen molar-refractivity contribution < 1.29 is 52.1 Å². The Hall–Kier alpha value is -0.140. The topological polar surface area (TPSA) is 83.5 Å². The molecule has 0 bridgehead atoms. The van der Waals surface area contributed by atoms with Crippen LogP contribution in [0.4, 0.5) is 0 Å². The molecule has 0 fully saturated rings. The maximum absolute atomic E-state index is 9.83. The molecule has 15 heavy (non-hydrogen) atoms. The summed E-state index contributed by atoms with van der Waals surface area (Å²) >= 11 is 0. The summed E-state index contributed by atoms with van der Waals surface area (Å²) in [6, 6.07) is 0. The van der Waals surface area contributed by atoms with Gasteiger partial charge >= 0.3 is 35.5 Å². The molecular weight excluding hydrogens is 231 g/mol. The van der Waals surface area contributed by atoms with E-state index >= 15 is 0 Å². The number of hydrogen-bond donors (Lipinski definition) is 0. The van der Waals surface area contributed by atoms with Crippen LogP contribution in [0.3, 0.4) is 0 Å². The van der Waals surface area contributed by atoms with E-state index in [2.05, 4.69) is 17.9 Å². The van der Waals surface area contributed by atoms with Gasteiger partial charge in [-0.1, -0.05) is 18.7 Å². The molecule has 0 aromatic carbocycles. The number of ether oxygens (including phenoxy) is 1. The molecule has 0 aliphatic heterocycles. The van der Waals surface area contributed by atoms with Gasteiger partial charge in [0.15, 0.2) is 0 Å². The van der Waals surface area contributed by atoms with Gasteiger partial charge in [0, 0.05) is 6.92 Å². The third-order valence-electron chi connectivity index (χ3n) is 0.672. The molecule has 0 spiro atoms. The molecule has 0 rings (SSSR count). The molecule has 82 valence electrons. The second-order valence-corrected chi connectivity index (χ2v) is 3.84. The summed E-state index contributed by atoms with van der Waals surface area (Å²) in [5.74, 6) is -0.780. The van der Waals surface area contributed by atoms with Crippen molar-refractivity contribution in [3.05, 3.63) is 25.0 Å². The van der Waals surface area contributed by atoms with E-state index in [0.717, 1.165) is 6.26 Å². The van der Waals surface area contributed by atoms with Gasteiger partial charge in [-0.2, -0.15) is 0 Å². The second-order valence-electron chi connectivity index (χ2n) is 2.44. The van der Waals surface area contributed by atoms with Crippen molar-refractivity contribution in [1.29, 1.82) is 0 Å². The van der Waals surface area contributed by atoms with E-state index in [1.54, 1.807) is 0 Å². The number of carbonyl (C=O) groups is 1. The van der Waals surface area contributed by atoms with Gasteiger partial charge in [0.2, 0.25) is 0 Å². The Morgan fingerprint density at radius 2 is 1.87 bits per heavy atom. The molecule has 0 aromatic heterocycles. The number of hydrogen-bond acceptors (Lipinski definition) is 5. The van der Waals surface area contributed by atoms with Crippen molar-refractivity contribution in [3.8, 4) is 0 Å². The van der Waals surface area contributed by atoms with Gasteiger partial charge in [-0.3, -0.25) is 4.79 Å². The first-order valence-electron chi connectivity index (χ1n) is 3.55. The van der Waals surface area contributed by atoms with Crippen molar-refractivity contribution in [2.45, 2.75) is 13.8 Å². The zero-order valence-electron chi connectivity index (χ0n) is 9.15. The van der Waals surface area contributed by atoms with Gasteiger partial charge in [0.05, 0.1) is 22.1 Å². The standard InChI is InChI=1S/C4H8O3S.C4H6O2.Na/c1-4(2)3-8(5,6)7;1-3-6-4(2)5;/h1,3H2,2H3,(H,5,6,7);3H,1H2,2H3;/q;;+1/p-1. The third kappa shape index (κ3) is 31.6. The minimum absolute atomic E-state index is 0. The Bertz CT molecular complexity index is 307. The minimum Gasteiger partial charge on any atom is -0.748 e. The van der Waals surface area contributed by atoms with E-state index in [1.165, 1.54) is 13.8 Å². The van der Waals surface area contributed by atoms with E-state index < -0.39 is 15.9 Å². The van der Waals surface area contributed by atoms with Crippen LogP contribution in [0.1, 0.15) is 13.8 Å². The van der Waals surface area contributed by atoms with Gasteiger partial charge in [0.1, 0.15) is 0 Å². The first-order valence-corrected chi connectivity index (χ1v) is 5.13. The quantitative estimate of drug-likeness (QED) is 0.185. The molecule has 0 atom stereocenters. The normalized spacial score (nSPS) is 8.73. The van der Waals surface area contributed by atoms with E-state index in [9.17, 15) is 17.8 Å². The summed E-state index contributed by atoms with van der Waals surface area (Å²) in [5, 5.41) is 0. The van der Waals surface area contributed by atoms with Gasteiger partial charge < -0.3 is 9.29 Å². The van der Waals surface area contributed by atoms with Crippen molar-refractivity contribution in [1.82, 2.24) is 0 Å². The molecular formula is C8H13NaO5S. The molecule has 0 aromatic rings. The first kappa shape index (κ1) is 20.3. The van der Waals surface area contributed by atoms with Gasteiger partial charge in [-0.05, 0) is 6.92 Å². The van der Waals surface area contributed by atoms with E-state index in [1.807, 2.05) is 0 Å². The fourth-order valence-corrected chi connectivity index (χ4v) is 1.02. The van der Waals surface area contributed by atoms with E-state index in [-0.39, 0.29) is 35.5 Å². The fourth-order valence-electron chi connectivity index (χ4n) is 0.419. The van der Waals surface area contributed by atoms with Crippen LogP contribution in [0.5, 0.6) is 0 Å². The molecule has 0 heterocycles. The molecule has 7 heteroatoms. The molecule has 0 aliphatic carbocycles. The minimum atomic E-state index is -4.07. The SMILES string of the molecule is C=C(C)CS(=O)(=O)[O-].C=COC(C)=O.[Na+]. The van der Waals surface area contributed by atoms with Crippen LogP contribution in [0, 0.1) is 0 Å². The summed E-state index contributed by atoms with van der Waals surface area (Å²) in [5.41, 5.74) is 0.375. The van der Waals surface area contributed by atoms with Crippen LogP contribution in [0.15, 0.2) is 25.0 Å². The molecule has 5 nitrogen and oxygen atoms in total. The Labute approximate surface area is 112 Å². The molecule has 0 saturated carbocycles. The van der Waals surface area contributed by atoms with E-state index in [0.29, 0.717) is 5.57 Å². The van der Waals surface area contributed by atoms with Gasteiger partial charge in [-0.25, -0.2) is 8.42 Å². The first-order chi connectivity index (χ1) is 6.19. The molecule has 0 saturated heterocycles. The van der Waals surface area contributed by atoms with Crippen molar-refractivity contribution in [2.75, 3.05) is 5.75 Å². The largest absolute Gasteiger partial charge is 1.00 e. The monoisotopic (exact) mass is 244 g/mol. The third-order valence-corrected chi connectivity index (χ3v) is 1.52. The summed E-state index contributed by atoms with van der Waals surface area (Å²) in [4.78, 5) is 9.75. The maximum atomic E-state index is 9.83. The van der Waals surface area contributed by atoms with Crippen LogP contribution in [0.25, 0.3) is 0 Å². The van der Waals surface area contributed by atoms with Crippen LogP contribution in [0.2, 0.25) is 0 Å². The summed E-state index contributed by atoms with van der Waals surface area (Å²) in [6.07, 6.45) is 1.10. The van der Waals surface area contributed by atoms with Crippen LogP contribution < -0.4 is 29.6 Å². The zero-order valence-corrected chi connectivity index (χ0v) is 12.0. The average Bonchev–Trinajstić information content (AvgIpc) is 1.80. The van der Waals surface area contributed by atoms with E-state index in [4.69, 9.17) is 0 Å². The van der Waals surface area contributed by atoms with Crippen LogP contribution in [-0.4, -0.2) is 24.7 Å². The van der Waals surface area contributed by atoms with Crippen LogP contribution >= 0.6 is 0 Å². The fraction of sp³-hybridized carbons (Fsp3) is 0.375. The zero-order chi connectivity index (χ0) is 11.8. The average molecular weight is 244 g/mol. The molecule has 0 aliphatic rings. The molecule has 0 N–H and O–H groups in total. The number of rotatable bonds is 3. The number of esters is 1. The van der Waals surface area contributed by atoms with Gasteiger partial charge in [0.25, 0.3) is 0 Å². The Morgan fingerprint density at radius 3 is 1.87 bits per heavy atom. The smallest absolute Gasteiger partial charge is 0.748 e. The summed E-state index contributed by atoms with van der Waals surface area (Å²) in [6.45, 7) is 9.24. The molecule has 0 radical (unpaired) electrons. The number of carbonyl (C=O) groups excluding carboxylic acids is 1. The molecule has 0 amide bonds. The predicted molar refractivity (Wildman–Crippen MR) is 51.3 cm³/mol. The second kappa shape index (κ2) is 10.4.